The summed E-state index contributed by atoms with van der Waals surface area (Å²) in [5, 5.41) is 2.36. The van der Waals surface area contributed by atoms with Gasteiger partial charge in [-0.25, -0.2) is 13.1 Å². The number of rotatable bonds is 6. The first-order chi connectivity index (χ1) is 9.45. The van der Waals surface area contributed by atoms with Crippen molar-refractivity contribution in [3.05, 3.63) is 23.8 Å². The molecule has 0 saturated heterocycles. The molecule has 0 spiro atoms. The van der Waals surface area contributed by atoms with Crippen LogP contribution in [-0.4, -0.2) is 39.9 Å². The number of carbonyl (C=O) groups is 2. The minimum absolute atomic E-state index is 0.0578. The predicted molar refractivity (Wildman–Crippen MR) is 71.1 cm³/mol. The third-order valence-electron chi connectivity index (χ3n) is 2.74. The highest BCUT2D eigenvalue weighted by Crippen LogP contribution is 2.25. The van der Waals surface area contributed by atoms with E-state index in [-0.39, 0.29) is 23.6 Å². The van der Waals surface area contributed by atoms with Crippen molar-refractivity contribution in [2.45, 2.75) is 11.8 Å². The molecule has 20 heavy (non-hydrogen) atoms. The Kier molecular flexibility index (Phi) is 4.17. The van der Waals surface area contributed by atoms with Gasteiger partial charge in [0.05, 0.1) is 22.8 Å². The Morgan fingerprint density at radius 2 is 2.05 bits per heavy atom. The first kappa shape index (κ1) is 14.6. The zero-order valence-corrected chi connectivity index (χ0v) is 11.6. The average molecular weight is 298 g/mol. The van der Waals surface area contributed by atoms with Crippen LogP contribution in [0.2, 0.25) is 0 Å². The van der Waals surface area contributed by atoms with Crippen LogP contribution in [-0.2, 0) is 19.6 Å². The molecule has 0 fully saturated rings. The number of nitrogens with one attached hydrogen (secondary N) is 2. The van der Waals surface area contributed by atoms with Crippen LogP contribution in [0, 0.1) is 0 Å². The SMILES string of the molecule is CCOCCNS(=O)(=O)c1ccc2c(c1)C(=O)C(=O)N2. The molecule has 1 aliphatic heterocycles. The summed E-state index contributed by atoms with van der Waals surface area (Å²) < 4.78 is 31.4. The molecule has 0 aliphatic carbocycles. The van der Waals surface area contributed by atoms with Gasteiger partial charge in [0, 0.05) is 13.2 Å². The van der Waals surface area contributed by atoms with Gasteiger partial charge in [-0.15, -0.1) is 0 Å². The van der Waals surface area contributed by atoms with Crippen molar-refractivity contribution in [3.63, 3.8) is 0 Å². The van der Waals surface area contributed by atoms with Crippen LogP contribution in [0.1, 0.15) is 17.3 Å². The molecular weight excluding hydrogens is 284 g/mol. The van der Waals surface area contributed by atoms with E-state index in [9.17, 15) is 18.0 Å². The molecule has 108 valence electrons. The second-order valence-electron chi connectivity index (χ2n) is 4.09. The fraction of sp³-hybridized carbons (Fsp3) is 0.333. The lowest BCUT2D eigenvalue weighted by atomic mass is 10.1. The summed E-state index contributed by atoms with van der Waals surface area (Å²) in [5.74, 6) is -1.48. The van der Waals surface area contributed by atoms with E-state index in [0.29, 0.717) is 12.3 Å². The molecule has 1 aliphatic rings. The predicted octanol–water partition coefficient (Wildman–Crippen LogP) is 0.136. The van der Waals surface area contributed by atoms with E-state index in [2.05, 4.69) is 10.0 Å². The molecule has 8 heteroatoms. The maximum Gasteiger partial charge on any atom is 0.296 e. The van der Waals surface area contributed by atoms with Crippen molar-refractivity contribution in [2.75, 3.05) is 25.1 Å². The number of hydrogen-bond donors (Lipinski definition) is 2. The van der Waals surface area contributed by atoms with Crippen LogP contribution in [0.5, 0.6) is 0 Å². The molecule has 0 saturated carbocycles. The Morgan fingerprint density at radius 1 is 1.30 bits per heavy atom. The second kappa shape index (κ2) is 5.70. The first-order valence-electron chi connectivity index (χ1n) is 6.03. The van der Waals surface area contributed by atoms with Gasteiger partial charge in [0.2, 0.25) is 10.0 Å². The Morgan fingerprint density at radius 3 is 2.75 bits per heavy atom. The summed E-state index contributed by atoms with van der Waals surface area (Å²) in [5.41, 5.74) is 0.399. The van der Waals surface area contributed by atoms with Crippen LogP contribution < -0.4 is 10.0 Å². The fourth-order valence-electron chi connectivity index (χ4n) is 1.76. The highest BCUT2D eigenvalue weighted by atomic mass is 32.2. The Labute approximate surface area is 116 Å². The Balaban J connectivity index is 2.18. The maximum atomic E-state index is 12.0. The highest BCUT2D eigenvalue weighted by molar-refractivity contribution is 7.89. The van der Waals surface area contributed by atoms with Gasteiger partial charge in [-0.2, -0.15) is 0 Å². The molecule has 1 aromatic carbocycles. The number of sulfonamides is 1. The number of Topliss-reactive ketones (excluding diaryl/α,β-unsaturated/α-hetero) is 1. The topological polar surface area (TPSA) is 102 Å². The molecule has 0 aromatic heterocycles. The molecule has 0 bridgehead atoms. The number of hydrogen-bond acceptors (Lipinski definition) is 5. The van der Waals surface area contributed by atoms with Crippen molar-refractivity contribution in [3.8, 4) is 0 Å². The molecule has 1 amide bonds. The molecule has 0 unspecified atom stereocenters. The third-order valence-corrected chi connectivity index (χ3v) is 4.20. The van der Waals surface area contributed by atoms with Gasteiger partial charge in [0.25, 0.3) is 11.7 Å². The number of benzene rings is 1. The van der Waals surface area contributed by atoms with E-state index in [1.165, 1.54) is 18.2 Å². The first-order valence-corrected chi connectivity index (χ1v) is 7.51. The van der Waals surface area contributed by atoms with Gasteiger partial charge in [-0.1, -0.05) is 0 Å². The van der Waals surface area contributed by atoms with E-state index < -0.39 is 21.7 Å². The maximum absolute atomic E-state index is 12.0. The number of ether oxygens (including phenoxy) is 1. The molecule has 2 rings (SSSR count). The standard InChI is InChI=1S/C12H14N2O5S/c1-2-19-6-5-13-20(17,18)8-3-4-10-9(7-8)11(15)12(16)14-10/h3-4,7,13H,2,5-6H2,1H3,(H,14,15,16). The number of carbonyl (C=O) groups excluding carboxylic acids is 2. The molecule has 1 heterocycles. The van der Waals surface area contributed by atoms with Gasteiger partial charge < -0.3 is 10.1 Å². The van der Waals surface area contributed by atoms with Crippen molar-refractivity contribution in [1.82, 2.24) is 4.72 Å². The number of fused-ring (bicyclic) bond motifs is 1. The monoisotopic (exact) mass is 298 g/mol. The zero-order valence-electron chi connectivity index (χ0n) is 10.8. The lowest BCUT2D eigenvalue weighted by molar-refractivity contribution is -0.112. The van der Waals surface area contributed by atoms with Gasteiger partial charge in [0.1, 0.15) is 0 Å². The Hall–Kier alpha value is -1.77. The highest BCUT2D eigenvalue weighted by Gasteiger charge is 2.29. The third kappa shape index (κ3) is 2.87. The summed E-state index contributed by atoms with van der Waals surface area (Å²) >= 11 is 0. The summed E-state index contributed by atoms with van der Waals surface area (Å²) in [4.78, 5) is 22.7. The zero-order chi connectivity index (χ0) is 14.8. The summed E-state index contributed by atoms with van der Waals surface area (Å²) in [7, 11) is -3.72. The normalized spacial score (nSPS) is 14.2. The van der Waals surface area contributed by atoms with E-state index in [4.69, 9.17) is 4.74 Å². The quantitative estimate of drug-likeness (QED) is 0.574. The number of amides is 1. The molecule has 7 nitrogen and oxygen atoms in total. The Bertz CT molecular complexity index is 654. The minimum atomic E-state index is -3.72. The molecule has 1 aromatic rings. The van der Waals surface area contributed by atoms with E-state index in [1.54, 1.807) is 0 Å². The van der Waals surface area contributed by atoms with Gasteiger partial charge in [0.15, 0.2) is 0 Å². The summed E-state index contributed by atoms with van der Waals surface area (Å²) in [6.07, 6.45) is 0. The minimum Gasteiger partial charge on any atom is -0.380 e. The van der Waals surface area contributed by atoms with Crippen molar-refractivity contribution < 1.29 is 22.7 Å². The largest absolute Gasteiger partial charge is 0.380 e. The van der Waals surface area contributed by atoms with Crippen molar-refractivity contribution in [2.24, 2.45) is 0 Å². The fourth-order valence-corrected chi connectivity index (χ4v) is 2.80. The van der Waals surface area contributed by atoms with Gasteiger partial charge in [-0.05, 0) is 25.1 Å². The average Bonchev–Trinajstić information content (AvgIpc) is 2.70. The number of anilines is 1. The van der Waals surface area contributed by atoms with Crippen LogP contribution in [0.25, 0.3) is 0 Å². The van der Waals surface area contributed by atoms with Crippen LogP contribution in [0.15, 0.2) is 23.1 Å². The van der Waals surface area contributed by atoms with Gasteiger partial charge >= 0.3 is 0 Å². The van der Waals surface area contributed by atoms with Crippen LogP contribution in [0.3, 0.4) is 0 Å². The number of ketones is 1. The van der Waals surface area contributed by atoms with E-state index in [0.717, 1.165) is 0 Å². The summed E-state index contributed by atoms with van der Waals surface area (Å²) in [6, 6.07) is 3.93. The summed E-state index contributed by atoms with van der Waals surface area (Å²) in [6.45, 7) is 2.71. The van der Waals surface area contributed by atoms with Crippen molar-refractivity contribution >= 4 is 27.4 Å². The lowest BCUT2D eigenvalue weighted by Crippen LogP contribution is -2.27. The van der Waals surface area contributed by atoms with E-state index >= 15 is 0 Å². The van der Waals surface area contributed by atoms with Crippen LogP contribution >= 0.6 is 0 Å². The second-order valence-corrected chi connectivity index (χ2v) is 5.85. The van der Waals surface area contributed by atoms with Crippen LogP contribution in [0.4, 0.5) is 5.69 Å². The molecule has 0 radical (unpaired) electrons. The van der Waals surface area contributed by atoms with Crippen molar-refractivity contribution in [1.29, 1.82) is 0 Å². The lowest BCUT2D eigenvalue weighted by Gasteiger charge is -2.07. The van der Waals surface area contributed by atoms with Gasteiger partial charge in [-0.3, -0.25) is 9.59 Å². The smallest absolute Gasteiger partial charge is 0.296 e. The molecular formula is C12H14N2O5S. The van der Waals surface area contributed by atoms with E-state index in [1.807, 2.05) is 6.92 Å². The molecule has 2 N–H and O–H groups in total. The molecule has 0 atom stereocenters.